The second kappa shape index (κ2) is 10.6. The van der Waals surface area contributed by atoms with E-state index < -0.39 is 5.91 Å². The van der Waals surface area contributed by atoms with Crippen molar-refractivity contribution in [2.24, 2.45) is 5.73 Å². The van der Waals surface area contributed by atoms with Crippen molar-refractivity contribution >= 4 is 17.5 Å². The Balaban J connectivity index is 1.35. The number of amides is 1. The molecule has 0 bridgehead atoms. The number of hydrogen-bond acceptors (Lipinski definition) is 4. The van der Waals surface area contributed by atoms with Crippen molar-refractivity contribution < 1.29 is 9.53 Å². The fourth-order valence-electron chi connectivity index (χ4n) is 4.12. The third kappa shape index (κ3) is 5.68. The number of carbonyl (C=O) groups excluding carboxylic acids is 1. The van der Waals surface area contributed by atoms with Gasteiger partial charge in [-0.15, -0.1) is 0 Å². The lowest BCUT2D eigenvalue weighted by atomic mass is 9.99. The van der Waals surface area contributed by atoms with Crippen molar-refractivity contribution in [1.82, 2.24) is 10.2 Å². The summed E-state index contributed by atoms with van der Waals surface area (Å²) in [4.78, 5) is 14.0. The Labute approximate surface area is 194 Å². The fraction of sp³-hybridized carbons (Fsp3) is 0.269. The van der Waals surface area contributed by atoms with E-state index in [1.165, 1.54) is 11.1 Å². The number of piperazine rings is 1. The smallest absolute Gasteiger partial charge is 0.252 e. The van der Waals surface area contributed by atoms with Crippen LogP contribution in [-0.4, -0.2) is 49.6 Å². The van der Waals surface area contributed by atoms with Crippen LogP contribution >= 0.6 is 11.6 Å². The number of rotatable bonds is 8. The van der Waals surface area contributed by atoms with E-state index in [1.807, 2.05) is 30.3 Å². The van der Waals surface area contributed by atoms with E-state index in [0.717, 1.165) is 43.2 Å². The van der Waals surface area contributed by atoms with Crippen LogP contribution in [0.2, 0.25) is 5.02 Å². The number of nitrogens with one attached hydrogen (secondary N) is 1. The minimum absolute atomic E-state index is 0.389. The van der Waals surface area contributed by atoms with Gasteiger partial charge in [-0.3, -0.25) is 9.69 Å². The third-order valence-electron chi connectivity index (χ3n) is 5.86. The minimum Gasteiger partial charge on any atom is -0.491 e. The van der Waals surface area contributed by atoms with Crippen LogP contribution in [0.15, 0.2) is 72.8 Å². The molecule has 5 nitrogen and oxygen atoms in total. The zero-order valence-corrected chi connectivity index (χ0v) is 18.7. The van der Waals surface area contributed by atoms with Gasteiger partial charge in [-0.05, 0) is 47.4 Å². The van der Waals surface area contributed by atoms with Gasteiger partial charge < -0.3 is 15.8 Å². The van der Waals surface area contributed by atoms with Gasteiger partial charge >= 0.3 is 0 Å². The molecule has 0 aromatic heterocycles. The average Bonchev–Trinajstić information content (AvgIpc) is 2.81. The van der Waals surface area contributed by atoms with Gasteiger partial charge in [0.1, 0.15) is 12.4 Å². The summed E-state index contributed by atoms with van der Waals surface area (Å²) >= 11 is 6.00. The Kier molecular flexibility index (Phi) is 7.43. The molecule has 1 aliphatic heterocycles. The number of nitrogens with zero attached hydrogens (tertiary/aromatic N) is 1. The molecule has 0 radical (unpaired) electrons. The highest BCUT2D eigenvalue weighted by Gasteiger charge is 2.22. The molecule has 6 heteroatoms. The molecule has 0 saturated carbocycles. The molecule has 1 saturated heterocycles. The monoisotopic (exact) mass is 449 g/mol. The molecular weight excluding hydrogens is 422 g/mol. The van der Waals surface area contributed by atoms with Crippen LogP contribution in [0.25, 0.3) is 11.1 Å². The Morgan fingerprint density at radius 1 is 1.03 bits per heavy atom. The Morgan fingerprint density at radius 2 is 1.72 bits per heavy atom. The van der Waals surface area contributed by atoms with Gasteiger partial charge in [-0.25, -0.2) is 0 Å². The number of halogens is 1. The van der Waals surface area contributed by atoms with Crippen molar-refractivity contribution in [3.8, 4) is 16.9 Å². The number of carbonyl (C=O) groups is 1. The van der Waals surface area contributed by atoms with Gasteiger partial charge in [-0.1, -0.05) is 60.1 Å². The number of hydrogen-bond donors (Lipinski definition) is 2. The summed E-state index contributed by atoms with van der Waals surface area (Å²) in [5, 5.41) is 4.25. The first-order valence-electron chi connectivity index (χ1n) is 10.9. The maximum absolute atomic E-state index is 11.6. The van der Waals surface area contributed by atoms with E-state index in [4.69, 9.17) is 22.1 Å². The van der Waals surface area contributed by atoms with E-state index >= 15 is 0 Å². The van der Waals surface area contributed by atoms with Gasteiger partial charge in [0.25, 0.3) is 5.91 Å². The van der Waals surface area contributed by atoms with Gasteiger partial charge in [0.15, 0.2) is 0 Å². The Hall–Kier alpha value is -2.86. The molecule has 4 rings (SSSR count). The number of nitrogens with two attached hydrogens (primary N) is 1. The first-order chi connectivity index (χ1) is 15.6. The summed E-state index contributed by atoms with van der Waals surface area (Å²) in [6.07, 6.45) is 0.964. The molecule has 32 heavy (non-hydrogen) atoms. The molecule has 1 fully saturated rings. The molecule has 1 amide bonds. The summed E-state index contributed by atoms with van der Waals surface area (Å²) in [6, 6.07) is 24.2. The van der Waals surface area contributed by atoms with E-state index in [1.54, 1.807) is 18.2 Å². The maximum atomic E-state index is 11.6. The van der Waals surface area contributed by atoms with Crippen LogP contribution in [0.1, 0.15) is 15.9 Å². The Morgan fingerprint density at radius 3 is 2.44 bits per heavy atom. The summed E-state index contributed by atoms with van der Waals surface area (Å²) in [6.45, 7) is 4.17. The quantitative estimate of drug-likeness (QED) is 0.545. The molecule has 0 aliphatic carbocycles. The van der Waals surface area contributed by atoms with Gasteiger partial charge in [-0.2, -0.15) is 0 Å². The van der Waals surface area contributed by atoms with Crippen LogP contribution in [0.5, 0.6) is 5.75 Å². The topological polar surface area (TPSA) is 67.6 Å². The standard InChI is InChI=1S/C26H28ClN3O2/c27-22-11-9-21(10-12-22)20-7-5-19(6-8-20)17-23-18-29-13-14-30(23)15-16-32-25-4-2-1-3-24(25)26(28)31/h1-12,23,29H,13-18H2,(H2,28,31). The van der Waals surface area contributed by atoms with Crippen molar-refractivity contribution in [2.45, 2.75) is 12.5 Å². The highest BCUT2D eigenvalue weighted by atomic mass is 35.5. The fourth-order valence-corrected chi connectivity index (χ4v) is 4.24. The number of benzene rings is 3. The molecule has 166 valence electrons. The zero-order valence-electron chi connectivity index (χ0n) is 18.0. The number of ether oxygens (including phenoxy) is 1. The molecular formula is C26H28ClN3O2. The summed E-state index contributed by atoms with van der Waals surface area (Å²) in [5.41, 5.74) is 9.52. The minimum atomic E-state index is -0.470. The van der Waals surface area contributed by atoms with E-state index in [2.05, 4.69) is 34.5 Å². The molecule has 3 N–H and O–H groups in total. The predicted molar refractivity (Wildman–Crippen MR) is 129 cm³/mol. The van der Waals surface area contributed by atoms with Crippen molar-refractivity contribution in [2.75, 3.05) is 32.8 Å². The predicted octanol–water partition coefficient (Wildman–Crippen LogP) is 4.00. The normalized spacial score (nSPS) is 16.6. The lowest BCUT2D eigenvalue weighted by molar-refractivity contribution is 0.0993. The SMILES string of the molecule is NC(=O)c1ccccc1OCCN1CCNCC1Cc1ccc(-c2ccc(Cl)cc2)cc1. The largest absolute Gasteiger partial charge is 0.491 e. The third-order valence-corrected chi connectivity index (χ3v) is 6.12. The Bertz CT molecular complexity index is 1040. The van der Waals surface area contributed by atoms with Gasteiger partial charge in [0, 0.05) is 37.2 Å². The van der Waals surface area contributed by atoms with E-state index in [9.17, 15) is 4.79 Å². The molecule has 1 unspecified atom stereocenters. The van der Waals surface area contributed by atoms with Crippen LogP contribution < -0.4 is 15.8 Å². The molecule has 0 spiro atoms. The molecule has 1 heterocycles. The first kappa shape index (κ1) is 22.3. The summed E-state index contributed by atoms with van der Waals surface area (Å²) < 4.78 is 5.90. The lowest BCUT2D eigenvalue weighted by Gasteiger charge is -2.36. The van der Waals surface area contributed by atoms with Crippen LogP contribution in [0, 0.1) is 0 Å². The number of primary amides is 1. The van der Waals surface area contributed by atoms with Crippen molar-refractivity contribution in [1.29, 1.82) is 0 Å². The molecule has 3 aromatic carbocycles. The first-order valence-corrected chi connectivity index (χ1v) is 11.3. The van der Waals surface area contributed by atoms with Gasteiger partial charge in [0.05, 0.1) is 5.56 Å². The maximum Gasteiger partial charge on any atom is 0.252 e. The van der Waals surface area contributed by atoms with E-state index in [-0.39, 0.29) is 0 Å². The molecule has 3 aromatic rings. The number of para-hydroxylation sites is 1. The zero-order chi connectivity index (χ0) is 22.3. The van der Waals surface area contributed by atoms with E-state index in [0.29, 0.717) is 24.0 Å². The second-order valence-electron chi connectivity index (χ2n) is 8.01. The lowest BCUT2D eigenvalue weighted by Crippen LogP contribution is -2.53. The highest BCUT2D eigenvalue weighted by molar-refractivity contribution is 6.30. The van der Waals surface area contributed by atoms with Crippen LogP contribution in [0.4, 0.5) is 0 Å². The van der Waals surface area contributed by atoms with Crippen LogP contribution in [-0.2, 0) is 6.42 Å². The summed E-state index contributed by atoms with van der Waals surface area (Å²) in [7, 11) is 0. The summed E-state index contributed by atoms with van der Waals surface area (Å²) in [5.74, 6) is 0.0761. The van der Waals surface area contributed by atoms with Crippen molar-refractivity contribution in [3.63, 3.8) is 0 Å². The molecule has 1 aliphatic rings. The van der Waals surface area contributed by atoms with Crippen molar-refractivity contribution in [3.05, 3.63) is 88.9 Å². The van der Waals surface area contributed by atoms with Crippen LogP contribution in [0.3, 0.4) is 0 Å². The average molecular weight is 450 g/mol. The highest BCUT2D eigenvalue weighted by Crippen LogP contribution is 2.23. The molecule has 1 atom stereocenters. The second-order valence-corrected chi connectivity index (χ2v) is 8.45. The van der Waals surface area contributed by atoms with Gasteiger partial charge in [0.2, 0.25) is 0 Å².